The second kappa shape index (κ2) is 13.7. The Hall–Kier alpha value is 0.690. The van der Waals surface area contributed by atoms with Crippen molar-refractivity contribution in [2.24, 2.45) is 0 Å². The fourth-order valence-electron chi connectivity index (χ4n) is 0.806. The van der Waals surface area contributed by atoms with E-state index < -0.39 is 0 Å². The van der Waals surface area contributed by atoms with Gasteiger partial charge in [-0.3, -0.25) is 0 Å². The molecule has 0 saturated carbocycles. The molecule has 0 aliphatic heterocycles. The number of ether oxygens (including phenoxy) is 1. The predicted octanol–water partition coefficient (Wildman–Crippen LogP) is 3.28. The van der Waals surface area contributed by atoms with Crippen molar-refractivity contribution in [3.63, 3.8) is 0 Å². The first-order valence-corrected chi connectivity index (χ1v) is 7.66. The van der Waals surface area contributed by atoms with E-state index in [0.29, 0.717) is 0 Å². The quantitative estimate of drug-likeness (QED) is 0.318. The van der Waals surface area contributed by atoms with Crippen molar-refractivity contribution in [3.05, 3.63) is 12.7 Å². The van der Waals surface area contributed by atoms with Crippen molar-refractivity contribution in [1.29, 1.82) is 0 Å². The van der Waals surface area contributed by atoms with Crippen LogP contribution in [0.3, 0.4) is 0 Å². The van der Waals surface area contributed by atoms with Gasteiger partial charge in [-0.1, -0.05) is 6.08 Å². The van der Waals surface area contributed by atoms with Crippen LogP contribution in [0.1, 0.15) is 6.42 Å². The summed E-state index contributed by atoms with van der Waals surface area (Å²) < 4.78 is 5.46. The Balaban J connectivity index is 2.81. The van der Waals surface area contributed by atoms with E-state index in [0.717, 1.165) is 48.5 Å². The lowest BCUT2D eigenvalue weighted by molar-refractivity contribution is 0.151. The van der Waals surface area contributed by atoms with Crippen LogP contribution >= 0.6 is 35.1 Å². The van der Waals surface area contributed by atoms with Gasteiger partial charge in [-0.25, -0.2) is 0 Å². The highest BCUT2D eigenvalue weighted by Crippen LogP contribution is 2.03. The highest BCUT2D eigenvalue weighted by Gasteiger charge is 1.91. The summed E-state index contributed by atoms with van der Waals surface area (Å²) in [5.74, 6) is 5.06. The lowest BCUT2D eigenvalue weighted by Gasteiger charge is -2.02. The second-order valence-electron chi connectivity index (χ2n) is 2.63. The molecule has 0 bridgehead atoms. The highest BCUT2D eigenvalue weighted by molar-refractivity contribution is 7.99. The smallest absolute Gasteiger partial charge is 0.0556 e. The van der Waals surface area contributed by atoms with Gasteiger partial charge in [0.05, 0.1) is 6.61 Å². The van der Waals surface area contributed by atoms with Gasteiger partial charge in [-0.05, 0) is 12.2 Å². The second-order valence-corrected chi connectivity index (χ2v) is 5.38. The topological polar surface area (TPSA) is 9.23 Å². The molecule has 84 valence electrons. The van der Waals surface area contributed by atoms with E-state index in [1.165, 1.54) is 0 Å². The molecule has 0 radical (unpaired) electrons. The summed E-state index contributed by atoms with van der Waals surface area (Å²) in [6, 6.07) is 0. The van der Waals surface area contributed by atoms with Gasteiger partial charge in [0.2, 0.25) is 0 Å². The normalized spacial score (nSPS) is 10.4. The summed E-state index contributed by atoms with van der Waals surface area (Å²) in [5, 5.41) is 0. The first-order chi connectivity index (χ1) is 6.91. The van der Waals surface area contributed by atoms with Gasteiger partial charge in [-0.15, -0.1) is 18.2 Å². The molecule has 0 heterocycles. The lowest BCUT2D eigenvalue weighted by Crippen LogP contribution is -2.00. The third-order valence-electron chi connectivity index (χ3n) is 1.41. The zero-order chi connectivity index (χ0) is 10.5. The minimum absolute atomic E-state index is 0.754. The Morgan fingerprint density at radius 2 is 2.00 bits per heavy atom. The van der Waals surface area contributed by atoms with E-state index in [9.17, 15) is 0 Å². The van der Waals surface area contributed by atoms with Crippen molar-refractivity contribution < 1.29 is 4.74 Å². The maximum absolute atomic E-state index is 5.55. The van der Waals surface area contributed by atoms with Gasteiger partial charge in [0.15, 0.2) is 0 Å². The standard InChI is InChI=1S/C10H19ClOS2/c1-2-7-13-10-6-12-5-3-8-14-9-4-11/h2H,1,3-10H2. The summed E-state index contributed by atoms with van der Waals surface area (Å²) in [6.07, 6.45) is 3.06. The summed E-state index contributed by atoms with van der Waals surface area (Å²) >= 11 is 9.30. The average molecular weight is 255 g/mol. The third-order valence-corrected chi connectivity index (χ3v) is 3.82. The van der Waals surface area contributed by atoms with Gasteiger partial charge >= 0.3 is 0 Å². The molecule has 0 saturated heterocycles. The van der Waals surface area contributed by atoms with E-state index in [1.54, 1.807) is 0 Å². The van der Waals surface area contributed by atoms with Gasteiger partial charge in [0.1, 0.15) is 0 Å². The van der Waals surface area contributed by atoms with Crippen LogP contribution in [0.4, 0.5) is 0 Å². The fraction of sp³-hybridized carbons (Fsp3) is 0.800. The van der Waals surface area contributed by atoms with E-state index in [2.05, 4.69) is 6.58 Å². The molecular formula is C10H19ClOS2. The van der Waals surface area contributed by atoms with Crippen molar-refractivity contribution in [2.75, 3.05) is 42.1 Å². The van der Waals surface area contributed by atoms with E-state index >= 15 is 0 Å². The molecule has 4 heteroatoms. The van der Waals surface area contributed by atoms with Crippen molar-refractivity contribution in [3.8, 4) is 0 Å². The highest BCUT2D eigenvalue weighted by atomic mass is 35.5. The molecule has 14 heavy (non-hydrogen) atoms. The Morgan fingerprint density at radius 3 is 2.71 bits per heavy atom. The van der Waals surface area contributed by atoms with Crippen LogP contribution in [0.2, 0.25) is 0 Å². The van der Waals surface area contributed by atoms with Gasteiger partial charge in [-0.2, -0.15) is 23.5 Å². The molecule has 0 atom stereocenters. The predicted molar refractivity (Wildman–Crippen MR) is 71.0 cm³/mol. The summed E-state index contributed by atoms with van der Waals surface area (Å²) in [6.45, 7) is 5.40. The SMILES string of the molecule is C=CCSCCOCCCSCCCl. The number of rotatable bonds is 11. The number of alkyl halides is 1. The molecule has 0 N–H and O–H groups in total. The molecule has 1 nitrogen and oxygen atoms in total. The Morgan fingerprint density at radius 1 is 1.14 bits per heavy atom. The van der Waals surface area contributed by atoms with Crippen LogP contribution in [0.15, 0.2) is 12.7 Å². The average Bonchev–Trinajstić information content (AvgIpc) is 2.21. The molecule has 0 aliphatic carbocycles. The van der Waals surface area contributed by atoms with Crippen LogP contribution in [-0.4, -0.2) is 42.1 Å². The first kappa shape index (κ1) is 14.7. The minimum atomic E-state index is 0.754. The molecule has 0 aliphatic rings. The fourth-order valence-corrected chi connectivity index (χ4v) is 2.34. The van der Waals surface area contributed by atoms with Crippen LogP contribution in [-0.2, 0) is 4.74 Å². The van der Waals surface area contributed by atoms with E-state index in [-0.39, 0.29) is 0 Å². The van der Waals surface area contributed by atoms with Crippen molar-refractivity contribution in [2.45, 2.75) is 6.42 Å². The van der Waals surface area contributed by atoms with Crippen molar-refractivity contribution in [1.82, 2.24) is 0 Å². The monoisotopic (exact) mass is 254 g/mol. The summed E-state index contributed by atoms with van der Waals surface area (Å²) in [4.78, 5) is 0. The van der Waals surface area contributed by atoms with Crippen LogP contribution in [0.5, 0.6) is 0 Å². The van der Waals surface area contributed by atoms with Crippen LogP contribution < -0.4 is 0 Å². The molecule has 0 amide bonds. The maximum Gasteiger partial charge on any atom is 0.0556 e. The number of hydrogen-bond acceptors (Lipinski definition) is 3. The van der Waals surface area contributed by atoms with Crippen LogP contribution in [0.25, 0.3) is 0 Å². The number of halogens is 1. The van der Waals surface area contributed by atoms with E-state index in [1.807, 2.05) is 29.6 Å². The Kier molecular flexibility index (Phi) is 14.4. The van der Waals surface area contributed by atoms with Gasteiger partial charge < -0.3 is 4.74 Å². The van der Waals surface area contributed by atoms with Crippen LogP contribution in [0, 0.1) is 0 Å². The zero-order valence-electron chi connectivity index (χ0n) is 8.54. The van der Waals surface area contributed by atoms with Gasteiger partial charge in [0.25, 0.3) is 0 Å². The van der Waals surface area contributed by atoms with Gasteiger partial charge in [0, 0.05) is 29.7 Å². The van der Waals surface area contributed by atoms with Crippen molar-refractivity contribution >= 4 is 35.1 Å². The van der Waals surface area contributed by atoms with E-state index in [4.69, 9.17) is 16.3 Å². The number of hydrogen-bond donors (Lipinski definition) is 0. The Labute approximate surface area is 101 Å². The molecule has 0 aromatic heterocycles. The molecular weight excluding hydrogens is 236 g/mol. The minimum Gasteiger partial charge on any atom is -0.381 e. The largest absolute Gasteiger partial charge is 0.381 e. The zero-order valence-corrected chi connectivity index (χ0v) is 10.9. The summed E-state index contributed by atoms with van der Waals surface area (Å²) in [5.41, 5.74) is 0. The lowest BCUT2D eigenvalue weighted by atomic mass is 10.5. The summed E-state index contributed by atoms with van der Waals surface area (Å²) in [7, 11) is 0. The Bertz CT molecular complexity index is 123. The number of thioether (sulfide) groups is 2. The molecule has 0 fully saturated rings. The molecule has 0 spiro atoms. The molecule has 0 aromatic carbocycles. The molecule has 0 unspecified atom stereocenters. The first-order valence-electron chi connectivity index (χ1n) is 4.82. The maximum atomic E-state index is 5.55. The molecule has 0 aromatic rings. The third kappa shape index (κ3) is 12.7. The molecule has 0 rings (SSSR count).